The van der Waals surface area contributed by atoms with Gasteiger partial charge in [-0.15, -0.1) is 10.2 Å². The van der Waals surface area contributed by atoms with E-state index in [0.717, 1.165) is 57.8 Å². The highest BCUT2D eigenvalue weighted by atomic mass is 15.4. The van der Waals surface area contributed by atoms with E-state index in [1.165, 1.54) is 25.9 Å². The van der Waals surface area contributed by atoms with Crippen LogP contribution in [-0.2, 0) is 13.0 Å². The zero-order chi connectivity index (χ0) is 22.2. The molecule has 0 radical (unpaired) electrons. The minimum Gasteiger partial charge on any atom is -0.301 e. The molecule has 33 heavy (non-hydrogen) atoms. The summed E-state index contributed by atoms with van der Waals surface area (Å²) in [5.41, 5.74) is 6.01. The molecule has 8 nitrogen and oxygen atoms in total. The molecule has 1 saturated heterocycles. The molecular formula is C25H26N8. The lowest BCUT2D eigenvalue weighted by Gasteiger charge is -2.13. The van der Waals surface area contributed by atoms with E-state index < -0.39 is 0 Å². The molecule has 1 fully saturated rings. The molecule has 1 aromatic carbocycles. The van der Waals surface area contributed by atoms with Crippen LogP contribution in [0.4, 0.5) is 0 Å². The summed E-state index contributed by atoms with van der Waals surface area (Å²) in [5, 5.41) is 18.8. The van der Waals surface area contributed by atoms with Gasteiger partial charge in [-0.3, -0.25) is 9.67 Å². The summed E-state index contributed by atoms with van der Waals surface area (Å²) < 4.78 is 3.87. The van der Waals surface area contributed by atoms with E-state index >= 15 is 0 Å². The van der Waals surface area contributed by atoms with E-state index in [9.17, 15) is 0 Å². The molecule has 0 spiro atoms. The first-order valence-electron chi connectivity index (χ1n) is 11.5. The molecule has 0 bridgehead atoms. The summed E-state index contributed by atoms with van der Waals surface area (Å²) in [4.78, 5) is 7.19. The Morgan fingerprint density at radius 2 is 1.82 bits per heavy atom. The van der Waals surface area contributed by atoms with Gasteiger partial charge in [0.1, 0.15) is 0 Å². The van der Waals surface area contributed by atoms with Crippen molar-refractivity contribution in [2.45, 2.75) is 32.7 Å². The average molecular weight is 439 g/mol. The van der Waals surface area contributed by atoms with Gasteiger partial charge in [0, 0.05) is 41.9 Å². The second-order valence-corrected chi connectivity index (χ2v) is 8.83. The zero-order valence-corrected chi connectivity index (χ0v) is 18.7. The van der Waals surface area contributed by atoms with E-state index in [1.807, 2.05) is 40.6 Å². The molecule has 0 unspecified atom stereocenters. The topological polar surface area (TPSA) is 77.0 Å². The van der Waals surface area contributed by atoms with Gasteiger partial charge in [-0.25, -0.2) is 0 Å². The quantitative estimate of drug-likeness (QED) is 0.404. The highest BCUT2D eigenvalue weighted by molar-refractivity contribution is 5.84. The van der Waals surface area contributed by atoms with Crippen molar-refractivity contribution in [2.24, 2.45) is 0 Å². The molecule has 0 atom stereocenters. The SMILES string of the molecule is Cc1ccc2nnc(Cc3ccc4ncc(-c5cnn(CCN6CCCC6)c5)cc4c3)n2n1. The lowest BCUT2D eigenvalue weighted by Crippen LogP contribution is -2.24. The molecule has 5 aromatic rings. The maximum Gasteiger partial charge on any atom is 0.177 e. The van der Waals surface area contributed by atoms with Gasteiger partial charge in [0.05, 0.1) is 24.0 Å². The Hall–Kier alpha value is -3.65. The van der Waals surface area contributed by atoms with Gasteiger partial charge < -0.3 is 4.90 Å². The number of fused-ring (bicyclic) bond motifs is 2. The Balaban J connectivity index is 1.24. The van der Waals surface area contributed by atoms with Gasteiger partial charge in [0.25, 0.3) is 0 Å². The van der Waals surface area contributed by atoms with Crippen LogP contribution in [0.5, 0.6) is 0 Å². The maximum absolute atomic E-state index is 4.68. The van der Waals surface area contributed by atoms with Gasteiger partial charge in [0.15, 0.2) is 11.5 Å². The Kier molecular flexibility index (Phi) is 5.07. The van der Waals surface area contributed by atoms with Crippen molar-refractivity contribution in [3.8, 4) is 11.1 Å². The molecule has 1 aliphatic rings. The fraction of sp³-hybridized carbons (Fsp3) is 0.320. The Labute approximate surface area is 191 Å². The van der Waals surface area contributed by atoms with E-state index in [2.05, 4.69) is 60.7 Å². The minimum absolute atomic E-state index is 0.659. The van der Waals surface area contributed by atoms with Crippen LogP contribution >= 0.6 is 0 Å². The highest BCUT2D eigenvalue weighted by Gasteiger charge is 2.12. The fourth-order valence-corrected chi connectivity index (χ4v) is 4.55. The van der Waals surface area contributed by atoms with Crippen molar-refractivity contribution in [1.29, 1.82) is 0 Å². The number of hydrogen-bond acceptors (Lipinski definition) is 6. The van der Waals surface area contributed by atoms with Gasteiger partial charge in [-0.05, 0) is 68.8 Å². The molecular weight excluding hydrogens is 412 g/mol. The molecule has 166 valence electrons. The molecule has 5 heterocycles. The van der Waals surface area contributed by atoms with Crippen LogP contribution in [0.2, 0.25) is 0 Å². The predicted molar refractivity (Wildman–Crippen MR) is 127 cm³/mol. The van der Waals surface area contributed by atoms with Crippen molar-refractivity contribution in [3.05, 3.63) is 72.1 Å². The number of benzene rings is 1. The monoisotopic (exact) mass is 438 g/mol. The van der Waals surface area contributed by atoms with Gasteiger partial charge >= 0.3 is 0 Å². The third-order valence-electron chi connectivity index (χ3n) is 6.38. The van der Waals surface area contributed by atoms with E-state index in [0.29, 0.717) is 6.42 Å². The smallest absolute Gasteiger partial charge is 0.177 e. The van der Waals surface area contributed by atoms with Gasteiger partial charge in [-0.1, -0.05) is 6.07 Å². The fourth-order valence-electron chi connectivity index (χ4n) is 4.55. The minimum atomic E-state index is 0.659. The number of likely N-dealkylation sites (tertiary alicyclic amines) is 1. The number of pyridine rings is 1. The summed E-state index contributed by atoms with van der Waals surface area (Å²) >= 11 is 0. The standard InChI is InChI=1S/C25H26N8/c1-18-4-7-24-28-29-25(33(24)30-18)13-19-5-6-23-20(12-19)14-21(15-26-23)22-16-27-32(17-22)11-10-31-8-2-3-9-31/h4-7,12,14-17H,2-3,8-11,13H2,1H3. The van der Waals surface area contributed by atoms with Crippen LogP contribution in [0.25, 0.3) is 27.7 Å². The van der Waals surface area contributed by atoms with Crippen LogP contribution in [-0.4, -0.2) is 59.1 Å². The van der Waals surface area contributed by atoms with Crippen molar-refractivity contribution in [3.63, 3.8) is 0 Å². The third kappa shape index (κ3) is 4.09. The molecule has 8 heteroatoms. The molecule has 0 amide bonds. The van der Waals surface area contributed by atoms with Crippen molar-refractivity contribution >= 4 is 16.6 Å². The number of rotatable bonds is 6. The second-order valence-electron chi connectivity index (χ2n) is 8.83. The van der Waals surface area contributed by atoms with Crippen LogP contribution < -0.4 is 0 Å². The largest absolute Gasteiger partial charge is 0.301 e. The summed E-state index contributed by atoms with van der Waals surface area (Å²) in [6.07, 6.45) is 9.29. The molecule has 4 aromatic heterocycles. The van der Waals surface area contributed by atoms with E-state index in [1.54, 1.807) is 0 Å². The van der Waals surface area contributed by atoms with Crippen molar-refractivity contribution < 1.29 is 0 Å². The maximum atomic E-state index is 4.68. The normalized spacial score (nSPS) is 14.6. The van der Waals surface area contributed by atoms with Crippen molar-refractivity contribution in [1.82, 2.24) is 39.5 Å². The number of nitrogens with zero attached hydrogens (tertiary/aromatic N) is 8. The third-order valence-corrected chi connectivity index (χ3v) is 6.38. The summed E-state index contributed by atoms with van der Waals surface area (Å²) in [7, 11) is 0. The summed E-state index contributed by atoms with van der Waals surface area (Å²) in [6.45, 7) is 6.38. The van der Waals surface area contributed by atoms with Crippen LogP contribution in [0, 0.1) is 6.92 Å². The van der Waals surface area contributed by atoms with Gasteiger partial charge in [0.2, 0.25) is 0 Å². The Morgan fingerprint density at radius 1 is 0.909 bits per heavy atom. The van der Waals surface area contributed by atoms with E-state index in [-0.39, 0.29) is 0 Å². The summed E-state index contributed by atoms with van der Waals surface area (Å²) in [5.74, 6) is 0.830. The van der Waals surface area contributed by atoms with E-state index in [4.69, 9.17) is 0 Å². The molecule has 6 rings (SSSR count). The average Bonchev–Trinajstić information content (AvgIpc) is 3.59. The zero-order valence-electron chi connectivity index (χ0n) is 18.7. The highest BCUT2D eigenvalue weighted by Crippen LogP contribution is 2.24. The molecule has 0 N–H and O–H groups in total. The first-order valence-corrected chi connectivity index (χ1v) is 11.5. The van der Waals surface area contributed by atoms with Crippen LogP contribution in [0.1, 0.15) is 29.9 Å². The number of aromatic nitrogens is 7. The van der Waals surface area contributed by atoms with Crippen LogP contribution in [0.3, 0.4) is 0 Å². The first kappa shape index (κ1) is 20.0. The molecule has 1 aliphatic heterocycles. The lowest BCUT2D eigenvalue weighted by molar-refractivity contribution is 0.316. The molecule has 0 aliphatic carbocycles. The Morgan fingerprint density at radius 3 is 2.73 bits per heavy atom. The first-order chi connectivity index (χ1) is 16.2. The lowest BCUT2D eigenvalue weighted by atomic mass is 10.0. The second kappa shape index (κ2) is 8.37. The van der Waals surface area contributed by atoms with Crippen molar-refractivity contribution in [2.75, 3.05) is 19.6 Å². The van der Waals surface area contributed by atoms with Gasteiger partial charge in [-0.2, -0.15) is 14.7 Å². The number of aryl methyl sites for hydroxylation is 1. The Bertz CT molecular complexity index is 1430. The predicted octanol–water partition coefficient (Wildman–Crippen LogP) is 3.53. The molecule has 0 saturated carbocycles. The van der Waals surface area contributed by atoms with Crippen LogP contribution in [0.15, 0.2) is 55.0 Å². The number of hydrogen-bond donors (Lipinski definition) is 0. The summed E-state index contributed by atoms with van der Waals surface area (Å²) in [6, 6.07) is 12.4.